The first-order valence-corrected chi connectivity index (χ1v) is 4.84. The number of aryl methyl sites for hydroxylation is 1. The number of rotatable bonds is 5. The van der Waals surface area contributed by atoms with E-state index in [1.807, 2.05) is 30.3 Å². The number of aliphatic hydroxyl groups is 2. The summed E-state index contributed by atoms with van der Waals surface area (Å²) in [4.78, 5) is 0. The maximum absolute atomic E-state index is 8.74. The highest BCUT2D eigenvalue weighted by atomic mass is 16.3. The van der Waals surface area contributed by atoms with Crippen molar-refractivity contribution in [3.8, 4) is 0 Å². The van der Waals surface area contributed by atoms with E-state index in [0.29, 0.717) is 0 Å². The summed E-state index contributed by atoms with van der Waals surface area (Å²) in [5.74, 6) is 0. The fraction of sp³-hybridized carbons (Fsp3) is 0.333. The summed E-state index contributed by atoms with van der Waals surface area (Å²) in [6.07, 6.45) is 5.29. The third-order valence-electron chi connectivity index (χ3n) is 2.06. The van der Waals surface area contributed by atoms with Gasteiger partial charge in [0.1, 0.15) is 0 Å². The number of benzene rings is 1. The summed E-state index contributed by atoms with van der Waals surface area (Å²) < 4.78 is 0. The van der Waals surface area contributed by atoms with Crippen molar-refractivity contribution in [2.24, 2.45) is 0 Å². The van der Waals surface area contributed by atoms with Crippen molar-refractivity contribution in [2.75, 3.05) is 13.2 Å². The second-order valence-electron chi connectivity index (χ2n) is 3.11. The molecule has 0 unspecified atom stereocenters. The minimum atomic E-state index is 0.0638. The summed E-state index contributed by atoms with van der Waals surface area (Å²) in [6, 6.07) is 8.02. The molecule has 0 fully saturated rings. The second-order valence-corrected chi connectivity index (χ2v) is 3.11. The molecule has 0 saturated carbocycles. The lowest BCUT2D eigenvalue weighted by molar-refractivity contribution is 0.288. The lowest BCUT2D eigenvalue weighted by Crippen LogP contribution is -1.92. The lowest BCUT2D eigenvalue weighted by Gasteiger charge is -2.04. The first kappa shape index (κ1) is 11.0. The van der Waals surface area contributed by atoms with Crippen molar-refractivity contribution in [3.05, 3.63) is 41.5 Å². The quantitative estimate of drug-likeness (QED) is 0.744. The van der Waals surface area contributed by atoms with Crippen LogP contribution in [0.5, 0.6) is 0 Å². The van der Waals surface area contributed by atoms with Crippen LogP contribution in [-0.2, 0) is 6.42 Å². The van der Waals surface area contributed by atoms with E-state index in [0.717, 1.165) is 18.4 Å². The molecule has 0 aromatic heterocycles. The van der Waals surface area contributed by atoms with Crippen LogP contribution in [0.25, 0.3) is 6.08 Å². The van der Waals surface area contributed by atoms with Gasteiger partial charge in [-0.05, 0) is 24.0 Å². The zero-order chi connectivity index (χ0) is 10.2. The molecule has 0 aliphatic carbocycles. The maximum Gasteiger partial charge on any atom is 0.0615 e. The Morgan fingerprint density at radius 2 is 1.93 bits per heavy atom. The van der Waals surface area contributed by atoms with E-state index in [2.05, 4.69) is 0 Å². The summed E-state index contributed by atoms with van der Waals surface area (Å²) >= 11 is 0. The standard InChI is InChI=1S/C12H16O2/c13-9-3-7-11-5-1-2-6-12(11)8-4-10-14/h1-3,5-7,13-14H,4,8-10H2. The zero-order valence-electron chi connectivity index (χ0n) is 8.19. The molecule has 0 aliphatic heterocycles. The van der Waals surface area contributed by atoms with Crippen molar-refractivity contribution in [2.45, 2.75) is 12.8 Å². The zero-order valence-corrected chi connectivity index (χ0v) is 8.19. The molecule has 0 amide bonds. The third-order valence-corrected chi connectivity index (χ3v) is 2.06. The van der Waals surface area contributed by atoms with E-state index in [4.69, 9.17) is 10.2 Å². The molecule has 0 radical (unpaired) electrons. The molecule has 0 aliphatic rings. The summed E-state index contributed by atoms with van der Waals surface area (Å²) in [5.41, 5.74) is 2.33. The highest BCUT2D eigenvalue weighted by Gasteiger charge is 1.97. The molecule has 76 valence electrons. The number of hydrogen-bond acceptors (Lipinski definition) is 2. The minimum Gasteiger partial charge on any atom is -0.396 e. The predicted molar refractivity (Wildman–Crippen MR) is 58.0 cm³/mol. The van der Waals surface area contributed by atoms with Gasteiger partial charge in [0.15, 0.2) is 0 Å². The topological polar surface area (TPSA) is 40.5 Å². The Hall–Kier alpha value is -1.12. The molecule has 2 heteroatoms. The van der Waals surface area contributed by atoms with E-state index in [1.54, 1.807) is 6.08 Å². The van der Waals surface area contributed by atoms with Crippen LogP contribution in [0.1, 0.15) is 17.5 Å². The van der Waals surface area contributed by atoms with Gasteiger partial charge in [-0.2, -0.15) is 0 Å². The van der Waals surface area contributed by atoms with Gasteiger partial charge in [0.25, 0.3) is 0 Å². The van der Waals surface area contributed by atoms with Gasteiger partial charge >= 0.3 is 0 Å². The van der Waals surface area contributed by atoms with E-state index < -0.39 is 0 Å². The highest BCUT2D eigenvalue weighted by Crippen LogP contribution is 2.12. The first-order valence-electron chi connectivity index (χ1n) is 4.84. The maximum atomic E-state index is 8.74. The first-order chi connectivity index (χ1) is 6.88. The molecule has 1 aromatic rings. The fourth-order valence-electron chi connectivity index (χ4n) is 1.37. The van der Waals surface area contributed by atoms with Gasteiger partial charge in [-0.1, -0.05) is 36.4 Å². The van der Waals surface area contributed by atoms with Gasteiger partial charge in [0.05, 0.1) is 6.61 Å². The number of hydrogen-bond donors (Lipinski definition) is 2. The smallest absolute Gasteiger partial charge is 0.0615 e. The van der Waals surface area contributed by atoms with Crippen molar-refractivity contribution >= 4 is 6.08 Å². The average molecular weight is 192 g/mol. The molecular formula is C12H16O2. The molecule has 0 bridgehead atoms. The molecule has 14 heavy (non-hydrogen) atoms. The van der Waals surface area contributed by atoms with E-state index in [9.17, 15) is 0 Å². The lowest BCUT2D eigenvalue weighted by atomic mass is 10.0. The molecule has 0 heterocycles. The Morgan fingerprint density at radius 3 is 2.64 bits per heavy atom. The molecule has 1 aromatic carbocycles. The van der Waals surface area contributed by atoms with Crippen LogP contribution < -0.4 is 0 Å². The Bertz CT molecular complexity index is 292. The summed E-state index contributed by atoms with van der Waals surface area (Å²) in [7, 11) is 0. The van der Waals surface area contributed by atoms with Crippen LogP contribution in [0.2, 0.25) is 0 Å². The van der Waals surface area contributed by atoms with Crippen LogP contribution in [0.4, 0.5) is 0 Å². The summed E-state index contributed by atoms with van der Waals surface area (Å²) in [5, 5.41) is 17.4. The monoisotopic (exact) mass is 192 g/mol. The van der Waals surface area contributed by atoms with E-state index in [-0.39, 0.29) is 13.2 Å². The van der Waals surface area contributed by atoms with Crippen molar-refractivity contribution in [1.82, 2.24) is 0 Å². The second kappa shape index (κ2) is 6.35. The van der Waals surface area contributed by atoms with Gasteiger partial charge in [-0.3, -0.25) is 0 Å². The SMILES string of the molecule is OCC=Cc1ccccc1CCCO. The van der Waals surface area contributed by atoms with Gasteiger partial charge < -0.3 is 10.2 Å². The average Bonchev–Trinajstić information content (AvgIpc) is 2.24. The third kappa shape index (κ3) is 3.32. The highest BCUT2D eigenvalue weighted by molar-refractivity contribution is 5.53. The molecule has 1 rings (SSSR count). The summed E-state index contributed by atoms with van der Waals surface area (Å²) in [6.45, 7) is 0.284. The molecule has 0 atom stereocenters. The molecule has 0 saturated heterocycles. The molecular weight excluding hydrogens is 176 g/mol. The largest absolute Gasteiger partial charge is 0.396 e. The van der Waals surface area contributed by atoms with Crippen LogP contribution >= 0.6 is 0 Å². The Labute approximate surface area is 84.5 Å². The molecule has 0 spiro atoms. The number of aliphatic hydroxyl groups excluding tert-OH is 2. The normalized spacial score (nSPS) is 11.0. The van der Waals surface area contributed by atoms with Crippen molar-refractivity contribution < 1.29 is 10.2 Å². The van der Waals surface area contributed by atoms with Gasteiger partial charge in [-0.15, -0.1) is 0 Å². The van der Waals surface area contributed by atoms with Crippen LogP contribution in [0.15, 0.2) is 30.3 Å². The van der Waals surface area contributed by atoms with Crippen LogP contribution in [-0.4, -0.2) is 23.4 Å². The Kier molecular flexibility index (Phi) is 4.97. The van der Waals surface area contributed by atoms with Gasteiger partial charge in [-0.25, -0.2) is 0 Å². The van der Waals surface area contributed by atoms with E-state index >= 15 is 0 Å². The van der Waals surface area contributed by atoms with Gasteiger partial charge in [0.2, 0.25) is 0 Å². The molecule has 2 N–H and O–H groups in total. The van der Waals surface area contributed by atoms with Crippen LogP contribution in [0, 0.1) is 0 Å². The van der Waals surface area contributed by atoms with E-state index in [1.165, 1.54) is 5.56 Å². The fourth-order valence-corrected chi connectivity index (χ4v) is 1.37. The van der Waals surface area contributed by atoms with Crippen molar-refractivity contribution in [1.29, 1.82) is 0 Å². The molecule has 2 nitrogen and oxygen atoms in total. The minimum absolute atomic E-state index is 0.0638. The Morgan fingerprint density at radius 1 is 1.14 bits per heavy atom. The van der Waals surface area contributed by atoms with Gasteiger partial charge in [0, 0.05) is 6.61 Å². The van der Waals surface area contributed by atoms with Crippen molar-refractivity contribution in [3.63, 3.8) is 0 Å². The predicted octanol–water partition coefficient (Wildman–Crippen LogP) is 1.62. The Balaban J connectivity index is 2.74. The van der Waals surface area contributed by atoms with Crippen LogP contribution in [0.3, 0.4) is 0 Å².